The first-order valence-electron chi connectivity index (χ1n) is 6.11. The molecule has 6 nitrogen and oxygen atoms in total. The summed E-state index contributed by atoms with van der Waals surface area (Å²) in [4.78, 5) is 23.1. The third-order valence-electron chi connectivity index (χ3n) is 3.26. The molecule has 1 aliphatic heterocycles. The molecule has 0 bridgehead atoms. The van der Waals surface area contributed by atoms with Crippen molar-refractivity contribution in [2.75, 3.05) is 21.3 Å². The molecular formula is C14H16O6. The van der Waals surface area contributed by atoms with Gasteiger partial charge < -0.3 is 18.9 Å². The molecule has 1 aliphatic rings. The molecule has 0 aromatic heterocycles. The maximum absolute atomic E-state index is 11.7. The van der Waals surface area contributed by atoms with Gasteiger partial charge in [-0.2, -0.15) is 0 Å². The van der Waals surface area contributed by atoms with Crippen LogP contribution < -0.4 is 9.47 Å². The molecule has 0 radical (unpaired) electrons. The Kier molecular flexibility index (Phi) is 4.12. The molecule has 108 valence electrons. The Morgan fingerprint density at radius 3 is 2.50 bits per heavy atom. The second kappa shape index (κ2) is 5.81. The predicted molar refractivity (Wildman–Crippen MR) is 68.5 cm³/mol. The lowest BCUT2D eigenvalue weighted by atomic mass is 10.00. The van der Waals surface area contributed by atoms with Gasteiger partial charge in [0.15, 0.2) is 17.4 Å². The van der Waals surface area contributed by atoms with Crippen LogP contribution in [0.25, 0.3) is 0 Å². The van der Waals surface area contributed by atoms with Gasteiger partial charge in [0.1, 0.15) is 6.10 Å². The lowest BCUT2D eigenvalue weighted by Gasteiger charge is -2.13. The molecule has 2 rings (SSSR count). The van der Waals surface area contributed by atoms with Crippen LogP contribution in [0.15, 0.2) is 18.2 Å². The lowest BCUT2D eigenvalue weighted by molar-refractivity contribution is -0.154. The predicted octanol–water partition coefficient (Wildman–Crippen LogP) is 1.48. The Balaban J connectivity index is 2.21. The Bertz CT molecular complexity index is 524. The summed E-state index contributed by atoms with van der Waals surface area (Å²) in [6.45, 7) is 0. The molecule has 0 N–H and O–H groups in total. The van der Waals surface area contributed by atoms with Crippen molar-refractivity contribution < 1.29 is 28.5 Å². The van der Waals surface area contributed by atoms with E-state index in [2.05, 4.69) is 4.74 Å². The number of carbonyl (C=O) groups excluding carboxylic acids is 2. The average molecular weight is 280 g/mol. The number of methoxy groups -OCH3 is 3. The fourth-order valence-corrected chi connectivity index (χ4v) is 2.17. The van der Waals surface area contributed by atoms with Crippen molar-refractivity contribution in [2.24, 2.45) is 5.92 Å². The summed E-state index contributed by atoms with van der Waals surface area (Å²) < 4.78 is 20.2. The van der Waals surface area contributed by atoms with Crippen molar-refractivity contribution in [3.8, 4) is 11.5 Å². The van der Waals surface area contributed by atoms with Crippen LogP contribution in [-0.4, -0.2) is 33.3 Å². The molecule has 0 amide bonds. The van der Waals surface area contributed by atoms with E-state index in [-0.39, 0.29) is 6.42 Å². The minimum Gasteiger partial charge on any atom is -0.493 e. The van der Waals surface area contributed by atoms with Gasteiger partial charge in [0.2, 0.25) is 0 Å². The highest BCUT2D eigenvalue weighted by Gasteiger charge is 2.41. The van der Waals surface area contributed by atoms with E-state index in [0.29, 0.717) is 11.5 Å². The molecule has 1 heterocycles. The van der Waals surface area contributed by atoms with Gasteiger partial charge in [-0.1, -0.05) is 6.07 Å². The van der Waals surface area contributed by atoms with Crippen LogP contribution in [0.4, 0.5) is 0 Å². The summed E-state index contributed by atoms with van der Waals surface area (Å²) in [7, 11) is 4.32. The van der Waals surface area contributed by atoms with E-state index in [1.165, 1.54) is 14.2 Å². The first-order chi connectivity index (χ1) is 9.60. The first-order valence-corrected chi connectivity index (χ1v) is 6.11. The van der Waals surface area contributed by atoms with Crippen LogP contribution in [0, 0.1) is 5.92 Å². The average Bonchev–Trinajstić information content (AvgIpc) is 2.87. The summed E-state index contributed by atoms with van der Waals surface area (Å²) in [6, 6.07) is 5.24. The van der Waals surface area contributed by atoms with E-state index in [4.69, 9.17) is 14.2 Å². The Morgan fingerprint density at radius 1 is 1.20 bits per heavy atom. The zero-order valence-electron chi connectivity index (χ0n) is 11.5. The Hall–Kier alpha value is -2.24. The van der Waals surface area contributed by atoms with Gasteiger partial charge in [-0.15, -0.1) is 0 Å². The molecule has 0 unspecified atom stereocenters. The van der Waals surface area contributed by atoms with Crippen LogP contribution in [0.5, 0.6) is 11.5 Å². The normalized spacial score (nSPS) is 21.2. The van der Waals surface area contributed by atoms with Crippen LogP contribution in [0.1, 0.15) is 18.1 Å². The second-order valence-corrected chi connectivity index (χ2v) is 4.35. The van der Waals surface area contributed by atoms with Gasteiger partial charge in [0.05, 0.1) is 21.3 Å². The summed E-state index contributed by atoms with van der Waals surface area (Å²) in [5.74, 6) is -0.861. The number of benzene rings is 1. The first kappa shape index (κ1) is 14.2. The summed E-state index contributed by atoms with van der Waals surface area (Å²) >= 11 is 0. The van der Waals surface area contributed by atoms with E-state index in [0.717, 1.165) is 5.56 Å². The van der Waals surface area contributed by atoms with Gasteiger partial charge in [-0.3, -0.25) is 9.59 Å². The smallest absolute Gasteiger partial charge is 0.321 e. The van der Waals surface area contributed by atoms with Crippen molar-refractivity contribution in [3.63, 3.8) is 0 Å². The third kappa shape index (κ3) is 2.54. The number of esters is 2. The van der Waals surface area contributed by atoms with Crippen molar-refractivity contribution >= 4 is 11.9 Å². The standard InChI is InChI=1S/C14H16O6/c1-17-10-5-4-8(6-12(10)18-2)11-7-9(13(15)19-3)14(16)20-11/h4-6,9,11H,7H2,1-3H3/t9-,11-/m1/s1. The summed E-state index contributed by atoms with van der Waals surface area (Å²) in [6.07, 6.45) is -0.215. The maximum atomic E-state index is 11.7. The van der Waals surface area contributed by atoms with Gasteiger partial charge in [0.25, 0.3) is 0 Å². The van der Waals surface area contributed by atoms with Gasteiger partial charge in [-0.25, -0.2) is 0 Å². The summed E-state index contributed by atoms with van der Waals surface area (Å²) in [5.41, 5.74) is 0.752. The lowest BCUT2D eigenvalue weighted by Crippen LogP contribution is -2.20. The third-order valence-corrected chi connectivity index (χ3v) is 3.26. The molecule has 20 heavy (non-hydrogen) atoms. The molecule has 1 fully saturated rings. The molecule has 0 saturated carbocycles. The van der Waals surface area contributed by atoms with Crippen molar-refractivity contribution in [1.29, 1.82) is 0 Å². The zero-order valence-corrected chi connectivity index (χ0v) is 11.5. The number of hydrogen-bond donors (Lipinski definition) is 0. The van der Waals surface area contributed by atoms with Crippen LogP contribution in [0.2, 0.25) is 0 Å². The van der Waals surface area contributed by atoms with Gasteiger partial charge in [-0.05, 0) is 17.7 Å². The molecule has 2 atom stereocenters. The minimum atomic E-state index is -0.863. The van der Waals surface area contributed by atoms with Gasteiger partial charge >= 0.3 is 11.9 Å². The number of ether oxygens (including phenoxy) is 4. The quantitative estimate of drug-likeness (QED) is 0.614. The fraction of sp³-hybridized carbons (Fsp3) is 0.429. The van der Waals surface area contributed by atoms with Crippen LogP contribution in [0.3, 0.4) is 0 Å². The topological polar surface area (TPSA) is 71.1 Å². The van der Waals surface area contributed by atoms with E-state index in [9.17, 15) is 9.59 Å². The second-order valence-electron chi connectivity index (χ2n) is 4.35. The fourth-order valence-electron chi connectivity index (χ4n) is 2.17. The molecular weight excluding hydrogens is 264 g/mol. The largest absolute Gasteiger partial charge is 0.493 e. The molecule has 1 saturated heterocycles. The van der Waals surface area contributed by atoms with E-state index in [1.807, 2.05) is 0 Å². The number of rotatable bonds is 4. The highest BCUT2D eigenvalue weighted by molar-refractivity contribution is 5.96. The van der Waals surface area contributed by atoms with Crippen LogP contribution in [-0.2, 0) is 19.1 Å². The number of carbonyl (C=O) groups is 2. The van der Waals surface area contributed by atoms with Crippen molar-refractivity contribution in [1.82, 2.24) is 0 Å². The molecule has 1 aromatic rings. The molecule has 1 aromatic carbocycles. The van der Waals surface area contributed by atoms with Crippen molar-refractivity contribution in [3.05, 3.63) is 23.8 Å². The summed E-state index contributed by atoms with van der Waals surface area (Å²) in [5, 5.41) is 0. The highest BCUT2D eigenvalue weighted by atomic mass is 16.6. The molecule has 6 heteroatoms. The Morgan fingerprint density at radius 2 is 1.90 bits per heavy atom. The zero-order chi connectivity index (χ0) is 14.7. The van der Waals surface area contributed by atoms with E-state index >= 15 is 0 Å². The number of hydrogen-bond acceptors (Lipinski definition) is 6. The maximum Gasteiger partial charge on any atom is 0.321 e. The molecule has 0 spiro atoms. The van der Waals surface area contributed by atoms with E-state index < -0.39 is 24.0 Å². The Labute approximate surface area is 116 Å². The van der Waals surface area contributed by atoms with E-state index in [1.54, 1.807) is 25.3 Å². The van der Waals surface area contributed by atoms with Crippen LogP contribution >= 0.6 is 0 Å². The number of cyclic esters (lactones) is 1. The minimum absolute atomic E-state index is 0.265. The monoisotopic (exact) mass is 280 g/mol. The highest BCUT2D eigenvalue weighted by Crippen LogP contribution is 2.37. The SMILES string of the molecule is COC(=O)[C@H]1C[C@H](c2ccc(OC)c(OC)c2)OC1=O. The van der Waals surface area contributed by atoms with Gasteiger partial charge in [0, 0.05) is 6.42 Å². The molecule has 0 aliphatic carbocycles. The van der Waals surface area contributed by atoms with Crippen molar-refractivity contribution in [2.45, 2.75) is 12.5 Å².